The van der Waals surface area contributed by atoms with E-state index in [1.54, 1.807) is 13.4 Å². The first-order valence-electron chi connectivity index (χ1n) is 9.61. The van der Waals surface area contributed by atoms with Crippen molar-refractivity contribution >= 4 is 16.8 Å². The Morgan fingerprint density at radius 1 is 1.44 bits per heavy atom. The summed E-state index contributed by atoms with van der Waals surface area (Å²) in [5.41, 5.74) is 5.11. The molecule has 6 nitrogen and oxygen atoms in total. The number of carbonyl (C=O) groups is 1. The lowest BCUT2D eigenvalue weighted by molar-refractivity contribution is 0.0934. The summed E-state index contributed by atoms with van der Waals surface area (Å²) in [6, 6.07) is 6.10. The maximum atomic E-state index is 13.2. The average Bonchev–Trinajstić information content (AvgIpc) is 3.24. The van der Waals surface area contributed by atoms with E-state index in [4.69, 9.17) is 4.74 Å². The smallest absolute Gasteiger partial charge is 0.253 e. The number of nitrogens with zero attached hydrogens (tertiary/aromatic N) is 2. The second-order valence-electron chi connectivity index (χ2n) is 7.24. The second kappa shape index (κ2) is 7.10. The molecule has 0 bridgehead atoms. The lowest BCUT2D eigenvalue weighted by Gasteiger charge is -2.22. The number of aromatic amines is 1. The van der Waals surface area contributed by atoms with Crippen LogP contribution < -0.4 is 10.1 Å². The van der Waals surface area contributed by atoms with Crippen molar-refractivity contribution in [2.24, 2.45) is 0 Å². The van der Waals surface area contributed by atoms with E-state index < -0.39 is 0 Å². The van der Waals surface area contributed by atoms with Gasteiger partial charge in [-0.25, -0.2) is 4.98 Å². The first kappa shape index (κ1) is 17.6. The van der Waals surface area contributed by atoms with E-state index in [1.165, 1.54) is 0 Å². The number of benzene rings is 1. The Morgan fingerprint density at radius 3 is 3.07 bits per heavy atom. The highest BCUT2D eigenvalue weighted by Crippen LogP contribution is 2.30. The Morgan fingerprint density at radius 2 is 2.30 bits per heavy atom. The Hall–Kier alpha value is -2.76. The summed E-state index contributed by atoms with van der Waals surface area (Å²) in [5.74, 6) is 0.763. The highest BCUT2D eigenvalue weighted by atomic mass is 16.5. The lowest BCUT2D eigenvalue weighted by Crippen LogP contribution is -2.39. The number of aryl methyl sites for hydroxylation is 2. The SMILES string of the molecule is CCCn1c(C)c(C(=O)NC2CCc3nc[nH]c3C2)c2cc(OC)ccc21. The molecule has 1 aliphatic carbocycles. The topological polar surface area (TPSA) is 71.9 Å². The molecular weight excluding hydrogens is 340 g/mol. The minimum absolute atomic E-state index is 0.00595. The van der Waals surface area contributed by atoms with Crippen molar-refractivity contribution in [3.05, 3.63) is 47.2 Å². The fourth-order valence-corrected chi connectivity index (χ4v) is 4.17. The van der Waals surface area contributed by atoms with Crippen LogP contribution in [0, 0.1) is 6.92 Å². The number of H-pyrrole nitrogens is 1. The van der Waals surface area contributed by atoms with Gasteiger partial charge in [-0.15, -0.1) is 0 Å². The van der Waals surface area contributed by atoms with Crippen LogP contribution in [0.15, 0.2) is 24.5 Å². The Kier molecular flexibility index (Phi) is 4.64. The molecule has 6 heteroatoms. The van der Waals surface area contributed by atoms with Gasteiger partial charge in [0.15, 0.2) is 0 Å². The Labute approximate surface area is 158 Å². The molecule has 1 unspecified atom stereocenters. The number of aromatic nitrogens is 3. The van der Waals surface area contributed by atoms with Crippen LogP contribution in [0.5, 0.6) is 5.75 Å². The monoisotopic (exact) mass is 366 g/mol. The number of fused-ring (bicyclic) bond motifs is 2. The van der Waals surface area contributed by atoms with Crippen LogP contribution in [0.3, 0.4) is 0 Å². The van der Waals surface area contributed by atoms with Crippen LogP contribution in [-0.4, -0.2) is 33.6 Å². The predicted octanol–water partition coefficient (Wildman–Crippen LogP) is 3.38. The third-order valence-electron chi connectivity index (χ3n) is 5.53. The molecule has 2 N–H and O–H groups in total. The highest BCUT2D eigenvalue weighted by Gasteiger charge is 2.25. The van der Waals surface area contributed by atoms with Crippen LogP contribution in [0.25, 0.3) is 10.9 Å². The molecule has 0 saturated carbocycles. The minimum atomic E-state index is -0.00595. The molecule has 0 radical (unpaired) electrons. The molecule has 1 amide bonds. The van der Waals surface area contributed by atoms with Gasteiger partial charge in [0.25, 0.3) is 5.91 Å². The third kappa shape index (κ3) is 3.09. The maximum absolute atomic E-state index is 13.2. The number of hydrogen-bond acceptors (Lipinski definition) is 3. The molecule has 4 rings (SSSR count). The van der Waals surface area contributed by atoms with Gasteiger partial charge in [-0.2, -0.15) is 0 Å². The fraction of sp³-hybridized carbons (Fsp3) is 0.429. The molecule has 0 spiro atoms. The number of nitrogens with one attached hydrogen (secondary N) is 2. The lowest BCUT2D eigenvalue weighted by atomic mass is 9.95. The summed E-state index contributed by atoms with van der Waals surface area (Å²) >= 11 is 0. The van der Waals surface area contributed by atoms with Gasteiger partial charge in [-0.3, -0.25) is 4.79 Å². The quantitative estimate of drug-likeness (QED) is 0.727. The third-order valence-corrected chi connectivity index (χ3v) is 5.53. The molecule has 1 aliphatic rings. The van der Waals surface area contributed by atoms with Gasteiger partial charge in [0.05, 0.1) is 24.7 Å². The van der Waals surface area contributed by atoms with Crippen LogP contribution in [0.2, 0.25) is 0 Å². The van der Waals surface area contributed by atoms with E-state index in [0.29, 0.717) is 0 Å². The van der Waals surface area contributed by atoms with Crippen molar-refractivity contribution in [2.75, 3.05) is 7.11 Å². The summed E-state index contributed by atoms with van der Waals surface area (Å²) in [7, 11) is 1.65. The van der Waals surface area contributed by atoms with Crippen molar-refractivity contribution in [3.63, 3.8) is 0 Å². The first-order chi connectivity index (χ1) is 13.1. The summed E-state index contributed by atoms with van der Waals surface area (Å²) in [6.45, 7) is 5.08. The summed E-state index contributed by atoms with van der Waals surface area (Å²) in [4.78, 5) is 20.8. The summed E-state index contributed by atoms with van der Waals surface area (Å²) in [6.07, 6.45) is 5.37. The average molecular weight is 366 g/mol. The zero-order valence-corrected chi connectivity index (χ0v) is 16.1. The second-order valence-corrected chi connectivity index (χ2v) is 7.24. The first-order valence-corrected chi connectivity index (χ1v) is 9.61. The molecule has 0 fully saturated rings. The maximum Gasteiger partial charge on any atom is 0.253 e. The van der Waals surface area contributed by atoms with E-state index in [1.807, 2.05) is 25.1 Å². The van der Waals surface area contributed by atoms with Gasteiger partial charge in [-0.05, 0) is 44.4 Å². The van der Waals surface area contributed by atoms with Crippen molar-refractivity contribution in [3.8, 4) is 5.75 Å². The standard InChI is InChI=1S/C21H26N4O2/c1-4-9-25-13(2)20(16-11-15(27-3)6-8-19(16)25)21(26)24-14-5-7-17-18(10-14)23-12-22-17/h6,8,11-12,14H,4-5,7,9-10H2,1-3H3,(H,22,23)(H,24,26). The number of methoxy groups -OCH3 is 1. The zero-order chi connectivity index (χ0) is 19.0. The molecular formula is C21H26N4O2. The van der Waals surface area contributed by atoms with E-state index >= 15 is 0 Å². The Balaban J connectivity index is 1.67. The molecule has 27 heavy (non-hydrogen) atoms. The van der Waals surface area contributed by atoms with Crippen molar-refractivity contribution in [1.82, 2.24) is 19.9 Å². The van der Waals surface area contributed by atoms with Crippen molar-refractivity contribution < 1.29 is 9.53 Å². The van der Waals surface area contributed by atoms with Crippen molar-refractivity contribution in [1.29, 1.82) is 0 Å². The fourth-order valence-electron chi connectivity index (χ4n) is 4.17. The summed E-state index contributed by atoms with van der Waals surface area (Å²) in [5, 5.41) is 4.21. The highest BCUT2D eigenvalue weighted by molar-refractivity contribution is 6.09. The molecule has 3 aromatic rings. The molecule has 1 aromatic carbocycles. The zero-order valence-electron chi connectivity index (χ0n) is 16.1. The normalized spacial score (nSPS) is 16.3. The van der Waals surface area contributed by atoms with Gasteiger partial charge in [0.2, 0.25) is 0 Å². The van der Waals surface area contributed by atoms with Gasteiger partial charge in [0.1, 0.15) is 5.75 Å². The number of hydrogen-bond donors (Lipinski definition) is 2. The Bertz CT molecular complexity index is 986. The van der Waals surface area contributed by atoms with Gasteiger partial charge < -0.3 is 19.6 Å². The molecule has 2 heterocycles. The van der Waals surface area contributed by atoms with Gasteiger partial charge in [0, 0.05) is 41.3 Å². The molecule has 2 aromatic heterocycles. The van der Waals surface area contributed by atoms with Gasteiger partial charge >= 0.3 is 0 Å². The van der Waals surface area contributed by atoms with E-state index in [9.17, 15) is 4.79 Å². The van der Waals surface area contributed by atoms with Crippen LogP contribution in [0.1, 0.15) is 47.2 Å². The van der Waals surface area contributed by atoms with E-state index in [0.717, 1.165) is 71.5 Å². The van der Waals surface area contributed by atoms with Gasteiger partial charge in [-0.1, -0.05) is 6.92 Å². The van der Waals surface area contributed by atoms with Crippen LogP contribution in [0.4, 0.5) is 0 Å². The predicted molar refractivity (Wildman–Crippen MR) is 105 cm³/mol. The molecule has 142 valence electrons. The number of ether oxygens (including phenoxy) is 1. The largest absolute Gasteiger partial charge is 0.497 e. The van der Waals surface area contributed by atoms with Crippen LogP contribution >= 0.6 is 0 Å². The molecule has 0 aliphatic heterocycles. The molecule has 1 atom stereocenters. The minimum Gasteiger partial charge on any atom is -0.497 e. The number of amides is 1. The molecule has 0 saturated heterocycles. The van der Waals surface area contributed by atoms with Crippen LogP contribution in [-0.2, 0) is 19.4 Å². The number of imidazole rings is 1. The van der Waals surface area contributed by atoms with E-state index in [-0.39, 0.29) is 11.9 Å². The van der Waals surface area contributed by atoms with Crippen molar-refractivity contribution in [2.45, 2.75) is 52.1 Å². The van der Waals surface area contributed by atoms with E-state index in [2.05, 4.69) is 26.8 Å². The number of rotatable bonds is 5. The summed E-state index contributed by atoms with van der Waals surface area (Å²) < 4.78 is 7.63. The number of carbonyl (C=O) groups excluding carboxylic acids is 1.